The lowest BCUT2D eigenvalue weighted by atomic mass is 9.94. The van der Waals surface area contributed by atoms with Crippen LogP contribution in [-0.2, 0) is 17.6 Å². The van der Waals surface area contributed by atoms with Gasteiger partial charge in [-0.2, -0.15) is 0 Å². The molecular formula is C19H23N3O4. The number of carbonyl (C=O) groups excluding carboxylic acids is 1. The minimum atomic E-state index is -0.392. The zero-order chi connectivity index (χ0) is 18.3. The summed E-state index contributed by atoms with van der Waals surface area (Å²) in [5, 5.41) is 0. The summed E-state index contributed by atoms with van der Waals surface area (Å²) in [6.45, 7) is 4.93. The molecule has 7 nitrogen and oxygen atoms in total. The van der Waals surface area contributed by atoms with Gasteiger partial charge < -0.3 is 19.0 Å². The van der Waals surface area contributed by atoms with E-state index in [-0.39, 0.29) is 11.5 Å². The van der Waals surface area contributed by atoms with Crippen LogP contribution < -0.4 is 5.56 Å². The van der Waals surface area contributed by atoms with Gasteiger partial charge in [0.1, 0.15) is 23.4 Å². The molecule has 1 saturated heterocycles. The van der Waals surface area contributed by atoms with E-state index in [0.29, 0.717) is 37.0 Å². The van der Waals surface area contributed by atoms with Crippen molar-refractivity contribution in [2.24, 2.45) is 0 Å². The highest BCUT2D eigenvalue weighted by Crippen LogP contribution is 2.31. The van der Waals surface area contributed by atoms with E-state index in [1.165, 1.54) is 6.07 Å². The summed E-state index contributed by atoms with van der Waals surface area (Å²) in [4.78, 5) is 33.7. The molecule has 26 heavy (non-hydrogen) atoms. The minimum Gasteiger partial charge on any atom is -0.465 e. The Kier molecular flexibility index (Phi) is 4.40. The number of amides is 1. The highest BCUT2D eigenvalue weighted by atomic mass is 16.5. The Balaban J connectivity index is 1.59. The van der Waals surface area contributed by atoms with Gasteiger partial charge in [0, 0.05) is 24.6 Å². The Morgan fingerprint density at radius 3 is 2.92 bits per heavy atom. The maximum Gasteiger partial charge on any atom is 0.257 e. The van der Waals surface area contributed by atoms with Crippen LogP contribution in [0.25, 0.3) is 0 Å². The van der Waals surface area contributed by atoms with Crippen LogP contribution in [0, 0.1) is 13.8 Å². The maximum atomic E-state index is 13.2. The van der Waals surface area contributed by atoms with Crippen molar-refractivity contribution in [3.63, 3.8) is 0 Å². The first-order chi connectivity index (χ1) is 12.5. The van der Waals surface area contributed by atoms with Crippen LogP contribution in [0.15, 0.2) is 15.3 Å². The number of nitrogens with zero attached hydrogens (tertiary/aromatic N) is 2. The number of hydrogen-bond acceptors (Lipinski definition) is 5. The Bertz CT molecular complexity index is 899. The maximum absolute atomic E-state index is 13.2. The number of aromatic amines is 1. The van der Waals surface area contributed by atoms with E-state index in [9.17, 15) is 9.59 Å². The number of hydrogen-bond donors (Lipinski definition) is 1. The molecule has 2 aromatic rings. The Morgan fingerprint density at radius 2 is 2.12 bits per heavy atom. The standard InChI is InChI=1S/C19H23N3O4/c1-11-18(13-5-3-4-6-15(13)26-11)19(24)22-7-8-25-16(10-22)14-9-17(23)21-12(2)20-14/h9,16H,3-8,10H2,1-2H3,(H,20,21,23)/t16-/m0/s1. The number of fused-ring (bicyclic) bond motifs is 1. The van der Waals surface area contributed by atoms with E-state index in [4.69, 9.17) is 9.15 Å². The number of aromatic nitrogens is 2. The van der Waals surface area contributed by atoms with Crippen molar-refractivity contribution in [3.8, 4) is 0 Å². The van der Waals surface area contributed by atoms with Crippen LogP contribution in [0.3, 0.4) is 0 Å². The lowest BCUT2D eigenvalue weighted by Gasteiger charge is -2.33. The molecule has 0 bridgehead atoms. The summed E-state index contributed by atoms with van der Waals surface area (Å²) in [6, 6.07) is 1.44. The third-order valence-electron chi connectivity index (χ3n) is 5.12. The average molecular weight is 357 g/mol. The van der Waals surface area contributed by atoms with Crippen molar-refractivity contribution in [2.75, 3.05) is 19.7 Å². The molecule has 1 aliphatic heterocycles. The van der Waals surface area contributed by atoms with Crippen LogP contribution in [0.4, 0.5) is 0 Å². The minimum absolute atomic E-state index is 0.00994. The highest BCUT2D eigenvalue weighted by Gasteiger charge is 2.32. The van der Waals surface area contributed by atoms with Crippen molar-refractivity contribution in [1.29, 1.82) is 0 Å². The molecule has 0 spiro atoms. The average Bonchev–Trinajstić information content (AvgIpc) is 2.96. The summed E-state index contributed by atoms with van der Waals surface area (Å²) < 4.78 is 11.6. The molecule has 0 saturated carbocycles. The molecule has 1 atom stereocenters. The van der Waals surface area contributed by atoms with Gasteiger partial charge in [0.15, 0.2) is 0 Å². The van der Waals surface area contributed by atoms with Crippen LogP contribution in [0.1, 0.15) is 57.9 Å². The molecule has 1 N–H and O–H groups in total. The third kappa shape index (κ3) is 3.07. The van der Waals surface area contributed by atoms with E-state index in [0.717, 1.165) is 42.6 Å². The van der Waals surface area contributed by atoms with E-state index in [2.05, 4.69) is 9.97 Å². The SMILES string of the molecule is Cc1nc([C@@H]2CN(C(=O)c3c(C)oc4c3CCCC4)CCO2)cc(=O)[nH]1. The molecule has 4 rings (SSSR count). The van der Waals surface area contributed by atoms with Crippen molar-refractivity contribution < 1.29 is 13.9 Å². The van der Waals surface area contributed by atoms with Gasteiger partial charge in [-0.3, -0.25) is 9.59 Å². The first kappa shape index (κ1) is 17.0. The predicted octanol–water partition coefficient (Wildman–Crippen LogP) is 2.07. The van der Waals surface area contributed by atoms with Gasteiger partial charge in [0.25, 0.3) is 11.5 Å². The molecule has 138 valence electrons. The fourth-order valence-electron chi connectivity index (χ4n) is 3.92. The number of aryl methyl sites for hydroxylation is 3. The smallest absolute Gasteiger partial charge is 0.257 e. The summed E-state index contributed by atoms with van der Waals surface area (Å²) in [6.07, 6.45) is 3.62. The van der Waals surface area contributed by atoms with Gasteiger partial charge in [-0.25, -0.2) is 4.98 Å². The second-order valence-electron chi connectivity index (χ2n) is 7.01. The monoisotopic (exact) mass is 357 g/mol. The van der Waals surface area contributed by atoms with E-state index >= 15 is 0 Å². The second-order valence-corrected chi connectivity index (χ2v) is 7.01. The topological polar surface area (TPSA) is 88.4 Å². The molecular weight excluding hydrogens is 334 g/mol. The highest BCUT2D eigenvalue weighted by molar-refractivity contribution is 5.97. The Hall–Kier alpha value is -2.41. The van der Waals surface area contributed by atoms with Crippen molar-refractivity contribution in [1.82, 2.24) is 14.9 Å². The fourth-order valence-corrected chi connectivity index (χ4v) is 3.92. The number of H-pyrrole nitrogens is 1. The predicted molar refractivity (Wildman–Crippen MR) is 94.3 cm³/mol. The normalized spacial score (nSPS) is 20.1. The molecule has 1 fully saturated rings. The molecule has 0 aromatic carbocycles. The zero-order valence-corrected chi connectivity index (χ0v) is 15.1. The van der Waals surface area contributed by atoms with Gasteiger partial charge in [-0.05, 0) is 33.1 Å². The van der Waals surface area contributed by atoms with Crippen molar-refractivity contribution in [3.05, 3.63) is 50.6 Å². The fraction of sp³-hybridized carbons (Fsp3) is 0.526. The molecule has 3 heterocycles. The summed E-state index contributed by atoms with van der Waals surface area (Å²) in [5.41, 5.74) is 2.15. The van der Waals surface area contributed by atoms with Crippen LogP contribution in [0.5, 0.6) is 0 Å². The van der Waals surface area contributed by atoms with Crippen molar-refractivity contribution in [2.45, 2.75) is 45.6 Å². The lowest BCUT2D eigenvalue weighted by molar-refractivity contribution is -0.0249. The molecule has 1 aliphatic carbocycles. The van der Waals surface area contributed by atoms with Crippen LogP contribution >= 0.6 is 0 Å². The molecule has 1 amide bonds. The molecule has 0 radical (unpaired) electrons. The van der Waals surface area contributed by atoms with E-state index in [1.54, 1.807) is 11.8 Å². The largest absolute Gasteiger partial charge is 0.465 e. The summed E-state index contributed by atoms with van der Waals surface area (Å²) >= 11 is 0. The molecule has 2 aliphatic rings. The second kappa shape index (κ2) is 6.72. The van der Waals surface area contributed by atoms with Crippen LogP contribution in [0.2, 0.25) is 0 Å². The van der Waals surface area contributed by atoms with Gasteiger partial charge in [-0.1, -0.05) is 0 Å². The zero-order valence-electron chi connectivity index (χ0n) is 15.1. The number of furan rings is 1. The molecule has 0 unspecified atom stereocenters. The third-order valence-corrected chi connectivity index (χ3v) is 5.12. The molecule has 2 aromatic heterocycles. The molecule has 7 heteroatoms. The number of rotatable bonds is 2. The van der Waals surface area contributed by atoms with Crippen molar-refractivity contribution >= 4 is 5.91 Å². The van der Waals surface area contributed by atoms with Crippen LogP contribution in [-0.4, -0.2) is 40.5 Å². The summed E-state index contributed by atoms with van der Waals surface area (Å²) in [7, 11) is 0. The Morgan fingerprint density at radius 1 is 1.31 bits per heavy atom. The number of ether oxygens (including phenoxy) is 1. The lowest BCUT2D eigenvalue weighted by Crippen LogP contribution is -2.43. The quantitative estimate of drug-likeness (QED) is 0.889. The first-order valence-electron chi connectivity index (χ1n) is 9.13. The van der Waals surface area contributed by atoms with Gasteiger partial charge in [-0.15, -0.1) is 0 Å². The number of nitrogens with one attached hydrogen (secondary N) is 1. The van der Waals surface area contributed by atoms with E-state index in [1.807, 2.05) is 6.92 Å². The number of morpholine rings is 1. The van der Waals surface area contributed by atoms with E-state index < -0.39 is 6.10 Å². The Labute approximate surface area is 151 Å². The van der Waals surface area contributed by atoms with Gasteiger partial charge >= 0.3 is 0 Å². The number of carbonyl (C=O) groups is 1. The van der Waals surface area contributed by atoms with Gasteiger partial charge in [0.2, 0.25) is 0 Å². The first-order valence-corrected chi connectivity index (χ1v) is 9.13. The van der Waals surface area contributed by atoms with Gasteiger partial charge in [0.05, 0.1) is 24.4 Å². The summed E-state index contributed by atoms with van der Waals surface area (Å²) in [5.74, 6) is 2.20.